The number of piperazine rings is 1. The predicted molar refractivity (Wildman–Crippen MR) is 95.2 cm³/mol. The molecular formula is C20H20F2N2O3. The first-order valence-electron chi connectivity index (χ1n) is 8.70. The summed E-state index contributed by atoms with van der Waals surface area (Å²) in [7, 11) is 0. The molecule has 27 heavy (non-hydrogen) atoms. The maximum Gasteiger partial charge on any atom is 0.260 e. The number of benzene rings is 2. The Hall–Kier alpha value is -2.96. The van der Waals surface area contributed by atoms with Gasteiger partial charge in [-0.25, -0.2) is 8.78 Å². The predicted octanol–water partition coefficient (Wildman–Crippen LogP) is 2.26. The Morgan fingerprint density at radius 3 is 2.07 bits per heavy atom. The van der Waals surface area contributed by atoms with Crippen molar-refractivity contribution in [2.45, 2.75) is 6.42 Å². The zero-order valence-electron chi connectivity index (χ0n) is 14.7. The van der Waals surface area contributed by atoms with Crippen molar-refractivity contribution in [2.24, 2.45) is 0 Å². The number of carbonyl (C=O) groups is 2. The van der Waals surface area contributed by atoms with E-state index in [1.807, 2.05) is 0 Å². The average molecular weight is 374 g/mol. The molecule has 5 nitrogen and oxygen atoms in total. The van der Waals surface area contributed by atoms with Crippen LogP contribution >= 0.6 is 0 Å². The maximum atomic E-state index is 13.5. The van der Waals surface area contributed by atoms with Crippen molar-refractivity contribution in [2.75, 3.05) is 32.8 Å². The first-order chi connectivity index (χ1) is 13.0. The molecule has 1 heterocycles. The number of carbonyl (C=O) groups excluding carboxylic acids is 2. The van der Waals surface area contributed by atoms with Crippen molar-refractivity contribution < 1.29 is 23.1 Å². The van der Waals surface area contributed by atoms with Crippen LogP contribution in [0.5, 0.6) is 5.75 Å². The summed E-state index contributed by atoms with van der Waals surface area (Å²) in [5.74, 6) is -1.11. The number of para-hydroxylation sites is 1. The van der Waals surface area contributed by atoms with Gasteiger partial charge in [0.2, 0.25) is 5.91 Å². The highest BCUT2D eigenvalue weighted by atomic mass is 19.1. The molecule has 3 rings (SSSR count). The topological polar surface area (TPSA) is 49.9 Å². The maximum absolute atomic E-state index is 13.5. The lowest BCUT2D eigenvalue weighted by Crippen LogP contribution is -2.52. The largest absolute Gasteiger partial charge is 0.481 e. The average Bonchev–Trinajstić information content (AvgIpc) is 2.69. The zero-order chi connectivity index (χ0) is 19.2. The van der Waals surface area contributed by atoms with Crippen LogP contribution < -0.4 is 4.74 Å². The molecular weight excluding hydrogens is 354 g/mol. The number of rotatable bonds is 5. The summed E-state index contributed by atoms with van der Waals surface area (Å²) >= 11 is 0. The van der Waals surface area contributed by atoms with Crippen LogP contribution in [0.25, 0.3) is 0 Å². The van der Waals surface area contributed by atoms with Gasteiger partial charge in [0.25, 0.3) is 5.91 Å². The molecule has 1 fully saturated rings. The summed E-state index contributed by atoms with van der Waals surface area (Å²) in [4.78, 5) is 27.8. The Balaban J connectivity index is 1.45. The van der Waals surface area contributed by atoms with Gasteiger partial charge in [0.15, 0.2) is 18.2 Å². The molecule has 0 bridgehead atoms. The SMILES string of the molecule is O=C(COc1ccccc1F)N1CCN(C(=O)Cc2ccc(F)cc2)CC1. The molecule has 2 amide bonds. The molecule has 2 aromatic carbocycles. The lowest BCUT2D eigenvalue weighted by atomic mass is 10.1. The Kier molecular flexibility index (Phi) is 6.01. The quantitative estimate of drug-likeness (QED) is 0.807. The Morgan fingerprint density at radius 2 is 1.44 bits per heavy atom. The van der Waals surface area contributed by atoms with Crippen LogP contribution in [0, 0.1) is 11.6 Å². The van der Waals surface area contributed by atoms with Gasteiger partial charge >= 0.3 is 0 Å². The number of amides is 2. The van der Waals surface area contributed by atoms with Crippen LogP contribution in [0.1, 0.15) is 5.56 Å². The number of nitrogens with zero attached hydrogens (tertiary/aromatic N) is 2. The highest BCUT2D eigenvalue weighted by molar-refractivity contribution is 5.80. The molecule has 0 radical (unpaired) electrons. The minimum atomic E-state index is -0.512. The van der Waals surface area contributed by atoms with Crippen molar-refractivity contribution >= 4 is 11.8 Å². The van der Waals surface area contributed by atoms with Gasteiger partial charge in [-0.05, 0) is 29.8 Å². The van der Waals surface area contributed by atoms with Crippen LogP contribution in [0.4, 0.5) is 8.78 Å². The van der Waals surface area contributed by atoms with E-state index in [0.29, 0.717) is 26.2 Å². The van der Waals surface area contributed by atoms with Crippen molar-refractivity contribution in [3.8, 4) is 5.75 Å². The Labute approximate surface area is 156 Å². The van der Waals surface area contributed by atoms with Crippen molar-refractivity contribution in [1.29, 1.82) is 0 Å². The molecule has 0 aliphatic carbocycles. The molecule has 2 aromatic rings. The minimum Gasteiger partial charge on any atom is -0.481 e. The first-order valence-corrected chi connectivity index (χ1v) is 8.70. The summed E-state index contributed by atoms with van der Waals surface area (Å²) in [6, 6.07) is 11.8. The van der Waals surface area contributed by atoms with E-state index in [1.165, 1.54) is 24.3 Å². The molecule has 1 aliphatic heterocycles. The monoisotopic (exact) mass is 374 g/mol. The van der Waals surface area contributed by atoms with Gasteiger partial charge in [-0.1, -0.05) is 24.3 Å². The summed E-state index contributed by atoms with van der Waals surface area (Å²) in [5, 5.41) is 0. The molecule has 142 valence electrons. The van der Waals surface area contributed by atoms with Crippen molar-refractivity contribution in [1.82, 2.24) is 9.80 Å². The van der Waals surface area contributed by atoms with E-state index in [1.54, 1.807) is 34.1 Å². The zero-order valence-corrected chi connectivity index (χ0v) is 14.7. The van der Waals surface area contributed by atoms with Gasteiger partial charge < -0.3 is 14.5 Å². The third-order valence-electron chi connectivity index (χ3n) is 4.44. The Morgan fingerprint density at radius 1 is 0.852 bits per heavy atom. The summed E-state index contributed by atoms with van der Waals surface area (Å²) in [5.41, 5.74) is 0.748. The number of hydrogen-bond donors (Lipinski definition) is 0. The van der Waals surface area contributed by atoms with Gasteiger partial charge in [-0.3, -0.25) is 9.59 Å². The van der Waals surface area contributed by atoms with E-state index in [9.17, 15) is 18.4 Å². The number of halogens is 2. The van der Waals surface area contributed by atoms with E-state index in [4.69, 9.17) is 4.74 Å². The molecule has 0 spiro atoms. The van der Waals surface area contributed by atoms with Gasteiger partial charge in [0.05, 0.1) is 6.42 Å². The second-order valence-electron chi connectivity index (χ2n) is 6.28. The molecule has 0 saturated carbocycles. The fourth-order valence-corrected chi connectivity index (χ4v) is 2.89. The van der Waals surface area contributed by atoms with Crippen LogP contribution in [-0.4, -0.2) is 54.4 Å². The molecule has 0 atom stereocenters. The summed E-state index contributed by atoms with van der Waals surface area (Å²) in [6.45, 7) is 1.39. The van der Waals surface area contributed by atoms with Crippen LogP contribution in [0.2, 0.25) is 0 Å². The lowest BCUT2D eigenvalue weighted by molar-refractivity contribution is -0.140. The van der Waals surface area contributed by atoms with Crippen molar-refractivity contribution in [3.63, 3.8) is 0 Å². The highest BCUT2D eigenvalue weighted by Gasteiger charge is 2.24. The van der Waals surface area contributed by atoms with Crippen LogP contribution in [-0.2, 0) is 16.0 Å². The smallest absolute Gasteiger partial charge is 0.260 e. The fraction of sp³-hybridized carbons (Fsp3) is 0.300. The molecule has 1 saturated heterocycles. The third-order valence-corrected chi connectivity index (χ3v) is 4.44. The van der Waals surface area contributed by atoms with Gasteiger partial charge in [0.1, 0.15) is 5.82 Å². The second-order valence-corrected chi connectivity index (χ2v) is 6.28. The highest BCUT2D eigenvalue weighted by Crippen LogP contribution is 2.15. The molecule has 0 aromatic heterocycles. The normalized spacial score (nSPS) is 14.1. The Bertz CT molecular complexity index is 803. The van der Waals surface area contributed by atoms with Gasteiger partial charge in [-0.2, -0.15) is 0 Å². The number of ether oxygens (including phenoxy) is 1. The van der Waals surface area contributed by atoms with E-state index in [0.717, 1.165) is 5.56 Å². The second kappa shape index (κ2) is 8.62. The lowest BCUT2D eigenvalue weighted by Gasteiger charge is -2.34. The molecule has 0 unspecified atom stereocenters. The first kappa shape index (κ1) is 18.8. The van der Waals surface area contributed by atoms with Crippen LogP contribution in [0.15, 0.2) is 48.5 Å². The van der Waals surface area contributed by atoms with Crippen molar-refractivity contribution in [3.05, 3.63) is 65.7 Å². The standard InChI is InChI=1S/C20H20F2N2O3/c21-16-7-5-15(6-8-16)13-19(25)23-9-11-24(12-10-23)20(26)14-27-18-4-2-1-3-17(18)22/h1-8H,9-14H2. The summed E-state index contributed by atoms with van der Waals surface area (Å²) < 4.78 is 31.7. The van der Waals surface area contributed by atoms with E-state index in [-0.39, 0.29) is 36.4 Å². The minimum absolute atomic E-state index is 0.0407. The number of hydrogen-bond acceptors (Lipinski definition) is 3. The van der Waals surface area contributed by atoms with E-state index < -0.39 is 5.82 Å². The fourth-order valence-electron chi connectivity index (χ4n) is 2.89. The van der Waals surface area contributed by atoms with E-state index >= 15 is 0 Å². The molecule has 0 N–H and O–H groups in total. The molecule has 7 heteroatoms. The molecule has 1 aliphatic rings. The summed E-state index contributed by atoms with van der Waals surface area (Å²) in [6.07, 6.45) is 0.199. The van der Waals surface area contributed by atoms with Gasteiger partial charge in [0, 0.05) is 26.2 Å². The third kappa shape index (κ3) is 5.03. The van der Waals surface area contributed by atoms with Gasteiger partial charge in [-0.15, -0.1) is 0 Å². The van der Waals surface area contributed by atoms with Crippen LogP contribution in [0.3, 0.4) is 0 Å². The van der Waals surface area contributed by atoms with E-state index in [2.05, 4.69) is 0 Å².